The van der Waals surface area contributed by atoms with Crippen LogP contribution in [-0.2, 0) is 9.53 Å². The number of carbonyl (C=O) groups excluding carboxylic acids is 1. The van der Waals surface area contributed by atoms with Crippen molar-refractivity contribution in [2.45, 2.75) is 50.9 Å². The highest BCUT2D eigenvalue weighted by atomic mass is 16.6. The first-order valence-corrected chi connectivity index (χ1v) is 7.90. The summed E-state index contributed by atoms with van der Waals surface area (Å²) in [5.74, 6) is 1.53. The molecule has 0 bridgehead atoms. The minimum Gasteiger partial charge on any atom is -0.490 e. The zero-order chi connectivity index (χ0) is 14.6. The number of hydrogen-bond donors (Lipinski definition) is 0. The topological polar surface area (TPSA) is 42.1 Å². The van der Waals surface area contributed by atoms with Crippen LogP contribution >= 0.6 is 0 Å². The summed E-state index contributed by atoms with van der Waals surface area (Å²) in [6, 6.07) is 6.21. The third-order valence-corrected chi connectivity index (χ3v) is 5.02. The highest BCUT2D eigenvalue weighted by Gasteiger charge is 2.48. The highest BCUT2D eigenvalue weighted by molar-refractivity contribution is 5.84. The number of benzene rings is 1. The van der Waals surface area contributed by atoms with E-state index in [9.17, 15) is 4.79 Å². The van der Waals surface area contributed by atoms with E-state index in [2.05, 4.69) is 19.9 Å². The molecule has 3 heterocycles. The Morgan fingerprint density at radius 3 is 2.76 bits per heavy atom. The van der Waals surface area contributed by atoms with Gasteiger partial charge >= 0.3 is 0 Å². The van der Waals surface area contributed by atoms with Crippen molar-refractivity contribution in [3.8, 4) is 5.75 Å². The van der Waals surface area contributed by atoms with Crippen LogP contribution < -0.4 is 4.74 Å². The van der Waals surface area contributed by atoms with Crippen LogP contribution in [0.1, 0.15) is 49.8 Å². The van der Waals surface area contributed by atoms with Gasteiger partial charge in [-0.1, -0.05) is 13.0 Å². The molecule has 0 N–H and O–H groups in total. The van der Waals surface area contributed by atoms with E-state index >= 15 is 0 Å². The van der Waals surface area contributed by atoms with Gasteiger partial charge in [-0.2, -0.15) is 0 Å². The Balaban J connectivity index is 1.50. The van der Waals surface area contributed by atoms with Gasteiger partial charge in [0.1, 0.15) is 18.0 Å². The minimum absolute atomic E-state index is 0.0634. The van der Waals surface area contributed by atoms with Crippen molar-refractivity contribution in [2.24, 2.45) is 0 Å². The molecule has 4 heteroatoms. The molecule has 2 saturated heterocycles. The van der Waals surface area contributed by atoms with Gasteiger partial charge in [-0.15, -0.1) is 0 Å². The second kappa shape index (κ2) is 4.73. The van der Waals surface area contributed by atoms with E-state index in [0.29, 0.717) is 5.92 Å². The molecule has 0 saturated carbocycles. The van der Waals surface area contributed by atoms with Gasteiger partial charge in [0.05, 0.1) is 0 Å². The second-order valence-corrected chi connectivity index (χ2v) is 6.42. The Bertz CT molecular complexity index is 579. The van der Waals surface area contributed by atoms with Crippen molar-refractivity contribution < 1.29 is 14.3 Å². The van der Waals surface area contributed by atoms with E-state index in [1.807, 2.05) is 17.0 Å². The van der Waals surface area contributed by atoms with E-state index in [0.717, 1.165) is 37.2 Å². The van der Waals surface area contributed by atoms with Gasteiger partial charge in [0.25, 0.3) is 5.91 Å². The van der Waals surface area contributed by atoms with Gasteiger partial charge in [0, 0.05) is 24.6 Å². The number of ether oxygens (including phenoxy) is 2. The normalized spacial score (nSPS) is 33.7. The smallest absolute Gasteiger partial charge is 0.254 e. The molecular formula is C17H21NO3. The Kier molecular flexibility index (Phi) is 2.96. The molecule has 112 valence electrons. The summed E-state index contributed by atoms with van der Waals surface area (Å²) in [7, 11) is 0. The molecule has 0 aliphatic carbocycles. The van der Waals surface area contributed by atoms with Crippen LogP contribution in [0.25, 0.3) is 0 Å². The Morgan fingerprint density at radius 2 is 2.00 bits per heavy atom. The van der Waals surface area contributed by atoms with E-state index in [-0.39, 0.29) is 24.2 Å². The van der Waals surface area contributed by atoms with Gasteiger partial charge in [-0.25, -0.2) is 0 Å². The predicted octanol–water partition coefficient (Wildman–Crippen LogP) is 2.63. The lowest BCUT2D eigenvalue weighted by molar-refractivity contribution is -0.131. The highest BCUT2D eigenvalue weighted by Crippen LogP contribution is 2.45. The molecule has 1 aromatic rings. The number of rotatable bonds is 2. The predicted molar refractivity (Wildman–Crippen MR) is 78.4 cm³/mol. The maximum absolute atomic E-state index is 12.3. The third-order valence-electron chi connectivity index (χ3n) is 5.02. The molecule has 3 aliphatic heterocycles. The Hall–Kier alpha value is -1.55. The molecule has 4 unspecified atom stereocenters. The first kappa shape index (κ1) is 13.1. The molecule has 0 radical (unpaired) electrons. The summed E-state index contributed by atoms with van der Waals surface area (Å²) >= 11 is 0. The lowest BCUT2D eigenvalue weighted by Gasteiger charge is -2.13. The largest absolute Gasteiger partial charge is 0.490 e. The third kappa shape index (κ3) is 2.13. The summed E-state index contributed by atoms with van der Waals surface area (Å²) in [5, 5.41) is 0. The van der Waals surface area contributed by atoms with Gasteiger partial charge in [0.15, 0.2) is 6.10 Å². The fourth-order valence-electron chi connectivity index (χ4n) is 3.43. The molecule has 1 aromatic carbocycles. The standard InChI is InChI=1S/C17H21NO3/c1-10-11(2)20-14-6-5-12(9-13(10)14)15-16(21-15)17(19)18-7-3-4-8-18/h5-6,9-11,15-16H,3-4,7-8H2,1-2H3. The molecule has 4 nitrogen and oxygen atoms in total. The van der Waals surface area contributed by atoms with Crippen LogP contribution in [0.5, 0.6) is 5.75 Å². The zero-order valence-corrected chi connectivity index (χ0v) is 12.5. The quantitative estimate of drug-likeness (QED) is 0.785. The van der Waals surface area contributed by atoms with Crippen LogP contribution in [0, 0.1) is 0 Å². The van der Waals surface area contributed by atoms with Gasteiger partial charge in [-0.05, 0) is 37.5 Å². The zero-order valence-electron chi connectivity index (χ0n) is 12.5. The van der Waals surface area contributed by atoms with Crippen molar-refractivity contribution in [3.05, 3.63) is 29.3 Å². The van der Waals surface area contributed by atoms with Crippen LogP contribution in [0.15, 0.2) is 18.2 Å². The molecule has 1 amide bonds. The SMILES string of the molecule is CC1Oc2ccc(C3OC3C(=O)N3CCCC3)cc2C1C. The Morgan fingerprint density at radius 1 is 1.24 bits per heavy atom. The number of fused-ring (bicyclic) bond motifs is 1. The molecule has 2 fully saturated rings. The summed E-state index contributed by atoms with van der Waals surface area (Å²) < 4.78 is 11.5. The van der Waals surface area contributed by atoms with Crippen LogP contribution in [0.4, 0.5) is 0 Å². The van der Waals surface area contributed by atoms with Crippen molar-refractivity contribution in [1.29, 1.82) is 0 Å². The number of hydrogen-bond acceptors (Lipinski definition) is 3. The van der Waals surface area contributed by atoms with E-state index in [1.165, 1.54) is 5.56 Å². The molecule has 0 aromatic heterocycles. The maximum atomic E-state index is 12.3. The number of likely N-dealkylation sites (tertiary alicyclic amines) is 1. The van der Waals surface area contributed by atoms with Crippen molar-refractivity contribution in [2.75, 3.05) is 13.1 Å². The van der Waals surface area contributed by atoms with E-state index in [4.69, 9.17) is 9.47 Å². The van der Waals surface area contributed by atoms with Crippen LogP contribution in [-0.4, -0.2) is 36.1 Å². The molecule has 21 heavy (non-hydrogen) atoms. The molecule has 0 spiro atoms. The molecule has 3 aliphatic rings. The number of carbonyl (C=O) groups is 1. The fraction of sp³-hybridized carbons (Fsp3) is 0.588. The summed E-state index contributed by atoms with van der Waals surface area (Å²) in [6.07, 6.45) is 2.13. The van der Waals surface area contributed by atoms with Crippen molar-refractivity contribution in [1.82, 2.24) is 4.90 Å². The molecule has 4 rings (SSSR count). The van der Waals surface area contributed by atoms with Crippen LogP contribution in [0.2, 0.25) is 0 Å². The molecular weight excluding hydrogens is 266 g/mol. The molecule has 4 atom stereocenters. The van der Waals surface area contributed by atoms with Crippen LogP contribution in [0.3, 0.4) is 0 Å². The lowest BCUT2D eigenvalue weighted by Crippen LogP contribution is -2.31. The summed E-state index contributed by atoms with van der Waals surface area (Å²) in [5.41, 5.74) is 2.35. The Labute approximate surface area is 125 Å². The van der Waals surface area contributed by atoms with E-state index < -0.39 is 0 Å². The van der Waals surface area contributed by atoms with Gasteiger partial charge in [-0.3, -0.25) is 4.79 Å². The van der Waals surface area contributed by atoms with Crippen molar-refractivity contribution in [3.63, 3.8) is 0 Å². The maximum Gasteiger partial charge on any atom is 0.254 e. The first-order valence-electron chi connectivity index (χ1n) is 7.90. The second-order valence-electron chi connectivity index (χ2n) is 6.42. The minimum atomic E-state index is -0.267. The number of epoxide rings is 1. The van der Waals surface area contributed by atoms with Crippen molar-refractivity contribution >= 4 is 5.91 Å². The van der Waals surface area contributed by atoms with Gasteiger partial charge < -0.3 is 14.4 Å². The van der Waals surface area contributed by atoms with Gasteiger partial charge in [0.2, 0.25) is 0 Å². The van der Waals surface area contributed by atoms with E-state index in [1.54, 1.807) is 0 Å². The summed E-state index contributed by atoms with van der Waals surface area (Å²) in [6.45, 7) is 6.05. The fourth-order valence-corrected chi connectivity index (χ4v) is 3.43. The number of nitrogens with zero attached hydrogens (tertiary/aromatic N) is 1. The first-order chi connectivity index (χ1) is 10.1. The summed E-state index contributed by atoms with van der Waals surface area (Å²) in [4.78, 5) is 14.3. The average molecular weight is 287 g/mol. The number of amides is 1. The lowest BCUT2D eigenvalue weighted by atomic mass is 9.95. The monoisotopic (exact) mass is 287 g/mol. The average Bonchev–Trinajstić information content (AvgIpc) is 2.99.